The molecule has 0 saturated carbocycles. The number of nitrogens with zero attached hydrogens (tertiary/aromatic N) is 4. The number of ether oxygens (including phenoxy) is 1. The lowest BCUT2D eigenvalue weighted by Crippen LogP contribution is -2.47. The third-order valence-electron chi connectivity index (χ3n) is 5.91. The monoisotopic (exact) mass is 415 g/mol. The standard InChI is InChI=1S/C22H30FN5O2/c1-2-28-20-8-15-30-16-19(20)21(25-28)22(29)24-9-3-10-26-11-13-27(14-12-26)18-6-4-17(23)5-7-18/h4-7H,2-3,8-16H2,1H3,(H,24,29). The Bertz CT molecular complexity index is 859. The Morgan fingerprint density at radius 3 is 2.70 bits per heavy atom. The van der Waals surface area contributed by atoms with Gasteiger partial charge in [-0.1, -0.05) is 0 Å². The predicted octanol–water partition coefficient (Wildman–Crippen LogP) is 2.06. The van der Waals surface area contributed by atoms with Crippen LogP contribution in [0.1, 0.15) is 35.1 Å². The molecule has 1 N–H and O–H groups in total. The number of piperazine rings is 1. The molecule has 162 valence electrons. The van der Waals surface area contributed by atoms with E-state index < -0.39 is 0 Å². The van der Waals surface area contributed by atoms with Gasteiger partial charge in [-0.25, -0.2) is 4.39 Å². The lowest BCUT2D eigenvalue weighted by Gasteiger charge is -2.36. The van der Waals surface area contributed by atoms with Crippen molar-refractivity contribution in [3.63, 3.8) is 0 Å². The number of fused-ring (bicyclic) bond motifs is 1. The van der Waals surface area contributed by atoms with E-state index in [1.807, 2.05) is 23.7 Å². The molecule has 1 fully saturated rings. The highest BCUT2D eigenvalue weighted by Gasteiger charge is 2.25. The van der Waals surface area contributed by atoms with Gasteiger partial charge in [0.05, 0.1) is 13.2 Å². The van der Waals surface area contributed by atoms with Gasteiger partial charge in [0.2, 0.25) is 0 Å². The number of halogens is 1. The average Bonchev–Trinajstić information content (AvgIpc) is 3.17. The topological polar surface area (TPSA) is 62.6 Å². The molecule has 0 spiro atoms. The SMILES string of the molecule is CCn1nc(C(=O)NCCCN2CCN(c3ccc(F)cc3)CC2)c2c1CCOC2. The zero-order valence-corrected chi connectivity index (χ0v) is 17.6. The van der Waals surface area contributed by atoms with Crippen molar-refractivity contribution in [3.05, 3.63) is 47.0 Å². The summed E-state index contributed by atoms with van der Waals surface area (Å²) in [5.41, 5.74) is 3.66. The molecule has 0 radical (unpaired) electrons. The van der Waals surface area contributed by atoms with Crippen molar-refractivity contribution >= 4 is 11.6 Å². The van der Waals surface area contributed by atoms with E-state index in [0.29, 0.717) is 25.5 Å². The number of aryl methyl sites for hydroxylation is 1. The van der Waals surface area contributed by atoms with Gasteiger partial charge in [-0.2, -0.15) is 5.10 Å². The van der Waals surface area contributed by atoms with Crippen molar-refractivity contribution in [2.24, 2.45) is 0 Å². The van der Waals surface area contributed by atoms with Crippen LogP contribution in [0.4, 0.5) is 10.1 Å². The highest BCUT2D eigenvalue weighted by molar-refractivity contribution is 5.94. The van der Waals surface area contributed by atoms with Crippen LogP contribution in [0.15, 0.2) is 24.3 Å². The Balaban J connectivity index is 1.20. The van der Waals surface area contributed by atoms with Gasteiger partial charge in [0, 0.05) is 62.6 Å². The summed E-state index contributed by atoms with van der Waals surface area (Å²) < 4.78 is 20.5. The fourth-order valence-corrected chi connectivity index (χ4v) is 4.22. The van der Waals surface area contributed by atoms with Crippen LogP contribution in [0.5, 0.6) is 0 Å². The Kier molecular flexibility index (Phi) is 6.64. The highest BCUT2D eigenvalue weighted by atomic mass is 19.1. The lowest BCUT2D eigenvalue weighted by molar-refractivity contribution is 0.0923. The summed E-state index contributed by atoms with van der Waals surface area (Å²) in [6.07, 6.45) is 1.71. The highest BCUT2D eigenvalue weighted by Crippen LogP contribution is 2.21. The lowest BCUT2D eigenvalue weighted by atomic mass is 10.1. The van der Waals surface area contributed by atoms with Gasteiger partial charge >= 0.3 is 0 Å². The number of carbonyl (C=O) groups excluding carboxylic acids is 1. The minimum Gasteiger partial charge on any atom is -0.376 e. The number of anilines is 1. The second-order valence-electron chi connectivity index (χ2n) is 7.81. The van der Waals surface area contributed by atoms with Crippen molar-refractivity contribution in [1.29, 1.82) is 0 Å². The van der Waals surface area contributed by atoms with E-state index in [-0.39, 0.29) is 11.7 Å². The van der Waals surface area contributed by atoms with Gasteiger partial charge in [-0.05, 0) is 44.2 Å². The first-order valence-electron chi connectivity index (χ1n) is 10.8. The maximum absolute atomic E-state index is 13.1. The van der Waals surface area contributed by atoms with Gasteiger partial charge in [-0.15, -0.1) is 0 Å². The zero-order chi connectivity index (χ0) is 20.9. The molecule has 2 aliphatic heterocycles. The van der Waals surface area contributed by atoms with Crippen molar-refractivity contribution in [3.8, 4) is 0 Å². The van der Waals surface area contributed by atoms with E-state index in [9.17, 15) is 9.18 Å². The van der Waals surface area contributed by atoms with Crippen LogP contribution >= 0.6 is 0 Å². The first-order valence-corrected chi connectivity index (χ1v) is 10.8. The minimum absolute atomic E-state index is 0.106. The Hall–Kier alpha value is -2.45. The van der Waals surface area contributed by atoms with E-state index in [4.69, 9.17) is 4.74 Å². The summed E-state index contributed by atoms with van der Waals surface area (Å²) >= 11 is 0. The Labute approximate surface area is 176 Å². The molecule has 0 bridgehead atoms. The molecule has 30 heavy (non-hydrogen) atoms. The second kappa shape index (κ2) is 9.57. The summed E-state index contributed by atoms with van der Waals surface area (Å²) in [5, 5.41) is 7.53. The number of benzene rings is 1. The number of hydrogen-bond donors (Lipinski definition) is 1. The van der Waals surface area contributed by atoms with Gasteiger partial charge in [0.25, 0.3) is 5.91 Å². The maximum atomic E-state index is 13.1. The molecule has 1 amide bonds. The van der Waals surface area contributed by atoms with Gasteiger partial charge in [0.1, 0.15) is 5.82 Å². The van der Waals surface area contributed by atoms with Crippen LogP contribution in [0.2, 0.25) is 0 Å². The van der Waals surface area contributed by atoms with E-state index in [2.05, 4.69) is 20.2 Å². The number of aromatic nitrogens is 2. The molecule has 0 aliphatic carbocycles. The molecular formula is C22H30FN5O2. The van der Waals surface area contributed by atoms with E-state index in [1.165, 1.54) is 12.1 Å². The summed E-state index contributed by atoms with van der Waals surface area (Å²) in [6, 6.07) is 6.70. The van der Waals surface area contributed by atoms with Gasteiger partial charge < -0.3 is 15.0 Å². The summed E-state index contributed by atoms with van der Waals surface area (Å²) in [7, 11) is 0. The van der Waals surface area contributed by atoms with Crippen LogP contribution in [0.3, 0.4) is 0 Å². The molecule has 2 aliphatic rings. The second-order valence-corrected chi connectivity index (χ2v) is 7.81. The summed E-state index contributed by atoms with van der Waals surface area (Å²) in [4.78, 5) is 17.3. The normalized spacial score (nSPS) is 17.1. The van der Waals surface area contributed by atoms with Crippen molar-refractivity contribution < 1.29 is 13.9 Å². The number of nitrogens with one attached hydrogen (secondary N) is 1. The van der Waals surface area contributed by atoms with E-state index in [0.717, 1.165) is 69.1 Å². The van der Waals surface area contributed by atoms with Crippen LogP contribution < -0.4 is 10.2 Å². The third kappa shape index (κ3) is 4.65. The third-order valence-corrected chi connectivity index (χ3v) is 5.91. The minimum atomic E-state index is -0.200. The Morgan fingerprint density at radius 2 is 1.97 bits per heavy atom. The largest absolute Gasteiger partial charge is 0.376 e. The Morgan fingerprint density at radius 1 is 1.20 bits per heavy atom. The molecule has 2 aromatic rings. The van der Waals surface area contributed by atoms with E-state index >= 15 is 0 Å². The van der Waals surface area contributed by atoms with Crippen molar-refractivity contribution in [2.45, 2.75) is 32.9 Å². The summed E-state index contributed by atoms with van der Waals surface area (Å²) in [5.74, 6) is -0.306. The number of hydrogen-bond acceptors (Lipinski definition) is 5. The predicted molar refractivity (Wildman–Crippen MR) is 113 cm³/mol. The number of carbonyl (C=O) groups is 1. The fourth-order valence-electron chi connectivity index (χ4n) is 4.22. The van der Waals surface area contributed by atoms with Crippen molar-refractivity contribution in [1.82, 2.24) is 20.0 Å². The fraction of sp³-hybridized carbons (Fsp3) is 0.545. The summed E-state index contributed by atoms with van der Waals surface area (Å²) in [6.45, 7) is 9.34. The van der Waals surface area contributed by atoms with Crippen LogP contribution in [0, 0.1) is 5.82 Å². The molecule has 1 saturated heterocycles. The van der Waals surface area contributed by atoms with Crippen molar-refractivity contribution in [2.75, 3.05) is 50.8 Å². The quantitative estimate of drug-likeness (QED) is 0.702. The molecule has 4 rings (SSSR count). The molecule has 7 nitrogen and oxygen atoms in total. The van der Waals surface area contributed by atoms with Crippen LogP contribution in [0.25, 0.3) is 0 Å². The number of rotatable bonds is 7. The maximum Gasteiger partial charge on any atom is 0.272 e. The van der Waals surface area contributed by atoms with Crippen LogP contribution in [-0.4, -0.2) is 66.5 Å². The molecular weight excluding hydrogens is 385 g/mol. The van der Waals surface area contributed by atoms with E-state index in [1.54, 1.807) is 0 Å². The average molecular weight is 416 g/mol. The first kappa shape index (κ1) is 20.8. The van der Waals surface area contributed by atoms with Crippen LogP contribution in [-0.2, 0) is 24.3 Å². The molecule has 8 heteroatoms. The first-order chi connectivity index (χ1) is 14.7. The molecule has 1 aromatic heterocycles. The molecule has 0 atom stereocenters. The molecule has 1 aromatic carbocycles. The van der Waals surface area contributed by atoms with Gasteiger partial charge in [0.15, 0.2) is 5.69 Å². The smallest absolute Gasteiger partial charge is 0.272 e. The number of amides is 1. The molecule has 0 unspecified atom stereocenters. The van der Waals surface area contributed by atoms with Gasteiger partial charge in [-0.3, -0.25) is 14.4 Å². The zero-order valence-electron chi connectivity index (χ0n) is 17.6. The molecule has 3 heterocycles.